The normalized spacial score (nSPS) is 21.5. The molecule has 1 heterocycles. The number of carbonyl (C=O) groups excluding carboxylic acids is 1. The van der Waals surface area contributed by atoms with E-state index in [0.717, 1.165) is 12.3 Å². The molecule has 0 unspecified atom stereocenters. The Morgan fingerprint density at radius 3 is 2.86 bits per heavy atom. The second kappa shape index (κ2) is 7.74. The van der Waals surface area contributed by atoms with Crippen LogP contribution in [0, 0.1) is 0 Å². The molecule has 1 saturated heterocycles. The molecule has 0 aromatic heterocycles. The van der Waals surface area contributed by atoms with Gasteiger partial charge in [-0.05, 0) is 25.1 Å². The molecule has 1 aromatic carbocycles. The molecule has 2 atom stereocenters. The zero-order valence-corrected chi connectivity index (χ0v) is 14.1. The first-order valence-electron chi connectivity index (χ1n) is 7.42. The first-order chi connectivity index (χ1) is 10.6. The molecule has 0 saturated carbocycles. The van der Waals surface area contributed by atoms with Crippen molar-refractivity contribution in [1.82, 2.24) is 4.90 Å². The highest BCUT2D eigenvalue weighted by atomic mass is 32.2. The van der Waals surface area contributed by atoms with Gasteiger partial charge >= 0.3 is 0 Å². The number of aliphatic hydroxyl groups is 1. The number of aliphatic hydroxyl groups excluding tert-OH is 1. The molecule has 0 radical (unpaired) electrons. The number of methoxy groups -OCH3 is 1. The molecule has 1 amide bonds. The van der Waals surface area contributed by atoms with Gasteiger partial charge in [-0.1, -0.05) is 6.92 Å². The van der Waals surface area contributed by atoms with Gasteiger partial charge < -0.3 is 19.5 Å². The predicted octanol–water partition coefficient (Wildman–Crippen LogP) is 2.03. The Balaban J connectivity index is 2.21. The summed E-state index contributed by atoms with van der Waals surface area (Å²) in [7, 11) is 1.55. The van der Waals surface area contributed by atoms with E-state index in [1.165, 1.54) is 0 Å². The lowest BCUT2D eigenvalue weighted by atomic mass is 10.1. The maximum absolute atomic E-state index is 12.8. The standard InChI is InChI=1S/C16H23NO4S/c1-11-12(2)22-9-6-17(11)16(19)13-4-5-14(20-3)15(10-13)21-8-7-18/h4-5,10-12,18H,6-9H2,1-3H3/t11-,12-/m0/s1. The maximum Gasteiger partial charge on any atom is 0.254 e. The minimum Gasteiger partial charge on any atom is -0.493 e. The molecule has 0 spiro atoms. The molecule has 1 N–H and O–H groups in total. The summed E-state index contributed by atoms with van der Waals surface area (Å²) in [6, 6.07) is 5.38. The van der Waals surface area contributed by atoms with E-state index < -0.39 is 0 Å². The van der Waals surface area contributed by atoms with Crippen molar-refractivity contribution in [2.75, 3.05) is 32.6 Å². The van der Waals surface area contributed by atoms with Crippen LogP contribution < -0.4 is 9.47 Å². The van der Waals surface area contributed by atoms with E-state index in [-0.39, 0.29) is 25.2 Å². The highest BCUT2D eigenvalue weighted by molar-refractivity contribution is 8.00. The molecule has 1 aromatic rings. The number of hydrogen-bond acceptors (Lipinski definition) is 5. The number of hydrogen-bond donors (Lipinski definition) is 1. The molecule has 2 rings (SSSR count). The lowest BCUT2D eigenvalue weighted by molar-refractivity contribution is 0.0697. The van der Waals surface area contributed by atoms with Gasteiger partial charge in [-0.15, -0.1) is 0 Å². The smallest absolute Gasteiger partial charge is 0.254 e. The number of carbonyl (C=O) groups is 1. The number of thioether (sulfide) groups is 1. The van der Waals surface area contributed by atoms with Gasteiger partial charge in [-0.25, -0.2) is 0 Å². The summed E-state index contributed by atoms with van der Waals surface area (Å²) in [6.45, 7) is 5.08. The quantitative estimate of drug-likeness (QED) is 0.898. The Kier molecular flexibility index (Phi) is 5.97. The Morgan fingerprint density at radius 2 is 2.18 bits per heavy atom. The van der Waals surface area contributed by atoms with Crippen molar-refractivity contribution >= 4 is 17.7 Å². The van der Waals surface area contributed by atoms with Crippen LogP contribution in [-0.2, 0) is 0 Å². The fourth-order valence-corrected chi connectivity index (χ4v) is 3.56. The summed E-state index contributed by atoms with van der Waals surface area (Å²) in [5, 5.41) is 9.33. The van der Waals surface area contributed by atoms with Crippen molar-refractivity contribution in [3.8, 4) is 11.5 Å². The summed E-state index contributed by atoms with van der Waals surface area (Å²) in [5.41, 5.74) is 0.583. The second-order valence-electron chi connectivity index (χ2n) is 5.25. The van der Waals surface area contributed by atoms with Gasteiger partial charge in [0.25, 0.3) is 5.91 Å². The third-order valence-electron chi connectivity index (χ3n) is 3.90. The molecule has 1 aliphatic heterocycles. The van der Waals surface area contributed by atoms with Gasteiger partial charge in [0.15, 0.2) is 11.5 Å². The van der Waals surface area contributed by atoms with E-state index in [2.05, 4.69) is 13.8 Å². The number of ether oxygens (including phenoxy) is 2. The van der Waals surface area contributed by atoms with Gasteiger partial charge in [0.2, 0.25) is 0 Å². The van der Waals surface area contributed by atoms with Crippen LogP contribution in [0.2, 0.25) is 0 Å². The molecule has 6 heteroatoms. The number of rotatable bonds is 5. The molecular weight excluding hydrogens is 302 g/mol. The third-order valence-corrected chi connectivity index (χ3v) is 5.24. The molecule has 1 fully saturated rings. The first-order valence-corrected chi connectivity index (χ1v) is 8.47. The van der Waals surface area contributed by atoms with Crippen molar-refractivity contribution < 1.29 is 19.4 Å². The molecule has 22 heavy (non-hydrogen) atoms. The average molecular weight is 325 g/mol. The minimum absolute atomic E-state index is 0.0103. The maximum atomic E-state index is 12.8. The second-order valence-corrected chi connectivity index (χ2v) is 6.74. The summed E-state index contributed by atoms with van der Waals surface area (Å²) >= 11 is 1.90. The fourth-order valence-electron chi connectivity index (χ4n) is 2.46. The van der Waals surface area contributed by atoms with Gasteiger partial charge in [-0.2, -0.15) is 11.8 Å². The van der Waals surface area contributed by atoms with E-state index in [9.17, 15) is 4.79 Å². The van der Waals surface area contributed by atoms with Crippen LogP contribution in [0.1, 0.15) is 24.2 Å². The zero-order chi connectivity index (χ0) is 16.1. The Hall–Kier alpha value is -1.40. The van der Waals surface area contributed by atoms with Crippen LogP contribution in [0.5, 0.6) is 11.5 Å². The van der Waals surface area contributed by atoms with Crippen LogP contribution in [-0.4, -0.2) is 59.8 Å². The topological polar surface area (TPSA) is 59.0 Å². The van der Waals surface area contributed by atoms with Crippen LogP contribution in [0.4, 0.5) is 0 Å². The molecule has 122 valence electrons. The monoisotopic (exact) mass is 325 g/mol. The third kappa shape index (κ3) is 3.67. The van der Waals surface area contributed by atoms with E-state index in [0.29, 0.717) is 22.3 Å². The van der Waals surface area contributed by atoms with Crippen LogP contribution in [0.15, 0.2) is 18.2 Å². The Morgan fingerprint density at radius 1 is 1.41 bits per heavy atom. The number of amides is 1. The van der Waals surface area contributed by atoms with E-state index in [1.54, 1.807) is 25.3 Å². The highest BCUT2D eigenvalue weighted by Gasteiger charge is 2.29. The summed E-state index contributed by atoms with van der Waals surface area (Å²) in [6.07, 6.45) is 0. The number of benzene rings is 1. The van der Waals surface area contributed by atoms with Gasteiger partial charge in [-0.3, -0.25) is 4.79 Å². The van der Waals surface area contributed by atoms with Gasteiger partial charge in [0.1, 0.15) is 6.61 Å². The largest absolute Gasteiger partial charge is 0.493 e. The highest BCUT2D eigenvalue weighted by Crippen LogP contribution is 2.30. The van der Waals surface area contributed by atoms with Crippen molar-refractivity contribution in [2.45, 2.75) is 25.1 Å². The van der Waals surface area contributed by atoms with Crippen molar-refractivity contribution in [3.63, 3.8) is 0 Å². The SMILES string of the molecule is COc1ccc(C(=O)N2CCS[C@@H](C)[C@@H]2C)cc1OCCO. The van der Waals surface area contributed by atoms with Gasteiger partial charge in [0, 0.05) is 29.2 Å². The molecule has 1 aliphatic rings. The summed E-state index contributed by atoms with van der Waals surface area (Å²) in [5.74, 6) is 2.01. The minimum atomic E-state index is -0.0841. The number of nitrogens with zero attached hydrogens (tertiary/aromatic N) is 1. The van der Waals surface area contributed by atoms with Crippen LogP contribution >= 0.6 is 11.8 Å². The van der Waals surface area contributed by atoms with Crippen molar-refractivity contribution in [3.05, 3.63) is 23.8 Å². The lowest BCUT2D eigenvalue weighted by Gasteiger charge is -2.37. The van der Waals surface area contributed by atoms with E-state index in [1.807, 2.05) is 16.7 Å². The van der Waals surface area contributed by atoms with Crippen LogP contribution in [0.25, 0.3) is 0 Å². The first kappa shape index (κ1) is 17.0. The average Bonchev–Trinajstić information content (AvgIpc) is 2.54. The molecule has 0 bridgehead atoms. The predicted molar refractivity (Wildman–Crippen MR) is 88.0 cm³/mol. The van der Waals surface area contributed by atoms with E-state index in [4.69, 9.17) is 14.6 Å². The van der Waals surface area contributed by atoms with E-state index >= 15 is 0 Å². The molecule has 0 aliphatic carbocycles. The summed E-state index contributed by atoms with van der Waals surface area (Å²) < 4.78 is 10.7. The fraction of sp³-hybridized carbons (Fsp3) is 0.562. The van der Waals surface area contributed by atoms with Gasteiger partial charge in [0.05, 0.1) is 13.7 Å². The summed E-state index contributed by atoms with van der Waals surface area (Å²) in [4.78, 5) is 14.7. The van der Waals surface area contributed by atoms with Crippen molar-refractivity contribution in [2.24, 2.45) is 0 Å². The Labute approximate surface area is 135 Å². The van der Waals surface area contributed by atoms with Crippen LogP contribution in [0.3, 0.4) is 0 Å². The molecule has 5 nitrogen and oxygen atoms in total. The van der Waals surface area contributed by atoms with Crippen molar-refractivity contribution in [1.29, 1.82) is 0 Å². The lowest BCUT2D eigenvalue weighted by Crippen LogP contribution is -2.47. The zero-order valence-electron chi connectivity index (χ0n) is 13.2. The Bertz CT molecular complexity index is 523. The molecular formula is C16H23NO4S.